The van der Waals surface area contributed by atoms with Gasteiger partial charge < -0.3 is 20.1 Å². The van der Waals surface area contributed by atoms with Crippen molar-refractivity contribution < 1.29 is 20.1 Å². The van der Waals surface area contributed by atoms with Crippen molar-refractivity contribution in [3.63, 3.8) is 0 Å². The van der Waals surface area contributed by atoms with Crippen LogP contribution in [0.4, 0.5) is 0 Å². The number of rotatable bonds is 1. The SMILES string of the molecule is CC1(CO)C=Cc2cc(O)c(O)cc2O1. The molecular weight excluding hydrogens is 196 g/mol. The molecule has 4 nitrogen and oxygen atoms in total. The minimum absolute atomic E-state index is 0.148. The molecule has 1 atom stereocenters. The number of aliphatic hydroxyl groups is 1. The fourth-order valence-corrected chi connectivity index (χ4v) is 1.43. The van der Waals surface area contributed by atoms with Crippen molar-refractivity contribution >= 4 is 6.08 Å². The van der Waals surface area contributed by atoms with Crippen molar-refractivity contribution in [1.82, 2.24) is 0 Å². The molecule has 1 aromatic rings. The predicted octanol–water partition coefficient (Wildman–Crippen LogP) is 1.25. The minimum atomic E-state index is -0.767. The molecule has 0 fully saturated rings. The van der Waals surface area contributed by atoms with E-state index in [-0.39, 0.29) is 18.1 Å². The molecule has 0 amide bonds. The zero-order valence-electron chi connectivity index (χ0n) is 8.27. The molecule has 0 saturated carbocycles. The summed E-state index contributed by atoms with van der Waals surface area (Å²) in [6.45, 7) is 1.58. The summed E-state index contributed by atoms with van der Waals surface area (Å²) in [5.74, 6) is 0.0308. The second-order valence-corrected chi connectivity index (χ2v) is 3.78. The van der Waals surface area contributed by atoms with E-state index in [0.29, 0.717) is 11.3 Å². The highest BCUT2D eigenvalue weighted by Crippen LogP contribution is 2.38. The van der Waals surface area contributed by atoms with Crippen molar-refractivity contribution in [1.29, 1.82) is 0 Å². The summed E-state index contributed by atoms with van der Waals surface area (Å²) >= 11 is 0. The third-order valence-electron chi connectivity index (χ3n) is 2.38. The van der Waals surface area contributed by atoms with E-state index in [0.717, 1.165) is 0 Å². The van der Waals surface area contributed by atoms with Gasteiger partial charge in [-0.1, -0.05) is 6.08 Å². The maximum Gasteiger partial charge on any atom is 0.161 e. The normalized spacial score (nSPS) is 23.3. The molecule has 15 heavy (non-hydrogen) atoms. The highest BCUT2D eigenvalue weighted by Gasteiger charge is 2.27. The summed E-state index contributed by atoms with van der Waals surface area (Å²) in [6, 6.07) is 2.75. The van der Waals surface area contributed by atoms with Crippen molar-refractivity contribution in [3.05, 3.63) is 23.8 Å². The number of benzene rings is 1. The van der Waals surface area contributed by atoms with Crippen LogP contribution < -0.4 is 4.74 Å². The van der Waals surface area contributed by atoms with Gasteiger partial charge in [-0.05, 0) is 19.1 Å². The molecular formula is C11H12O4. The number of aliphatic hydroxyl groups excluding tert-OH is 1. The standard InChI is InChI=1S/C11H12O4/c1-11(6-12)3-2-7-4-8(13)9(14)5-10(7)15-11/h2-5,12-14H,6H2,1H3. The van der Waals surface area contributed by atoms with E-state index >= 15 is 0 Å². The smallest absolute Gasteiger partial charge is 0.161 e. The first-order chi connectivity index (χ1) is 7.04. The van der Waals surface area contributed by atoms with Gasteiger partial charge in [0, 0.05) is 11.6 Å². The maximum atomic E-state index is 9.30. The van der Waals surface area contributed by atoms with Crippen molar-refractivity contribution in [2.24, 2.45) is 0 Å². The van der Waals surface area contributed by atoms with Crippen LogP contribution in [0.5, 0.6) is 17.2 Å². The van der Waals surface area contributed by atoms with Gasteiger partial charge >= 0.3 is 0 Å². The van der Waals surface area contributed by atoms with E-state index in [1.54, 1.807) is 19.1 Å². The van der Waals surface area contributed by atoms with Crippen molar-refractivity contribution in [2.75, 3.05) is 6.61 Å². The quantitative estimate of drug-likeness (QED) is 0.607. The van der Waals surface area contributed by atoms with Crippen molar-refractivity contribution in [3.8, 4) is 17.2 Å². The van der Waals surface area contributed by atoms with Crippen LogP contribution in [0.3, 0.4) is 0 Å². The Morgan fingerprint density at radius 3 is 2.60 bits per heavy atom. The van der Waals surface area contributed by atoms with Gasteiger partial charge in [-0.3, -0.25) is 0 Å². The average Bonchev–Trinajstić information content (AvgIpc) is 2.21. The third-order valence-corrected chi connectivity index (χ3v) is 2.38. The van der Waals surface area contributed by atoms with Crippen LogP contribution in [0, 0.1) is 0 Å². The van der Waals surface area contributed by atoms with E-state index in [1.807, 2.05) is 0 Å². The summed E-state index contributed by atoms with van der Waals surface area (Å²) in [7, 11) is 0. The molecule has 1 aliphatic rings. The fraction of sp³-hybridized carbons (Fsp3) is 0.273. The van der Waals surface area contributed by atoms with Crippen LogP contribution in [0.2, 0.25) is 0 Å². The number of ether oxygens (including phenoxy) is 1. The second kappa shape index (κ2) is 3.17. The molecule has 2 rings (SSSR count). The molecule has 0 bridgehead atoms. The van der Waals surface area contributed by atoms with Crippen LogP contribution in [0.15, 0.2) is 18.2 Å². The summed E-state index contributed by atoms with van der Waals surface area (Å²) in [5.41, 5.74) is -0.0904. The summed E-state index contributed by atoms with van der Waals surface area (Å²) in [4.78, 5) is 0. The van der Waals surface area contributed by atoms with Crippen molar-refractivity contribution in [2.45, 2.75) is 12.5 Å². The molecule has 1 unspecified atom stereocenters. The molecule has 1 heterocycles. The lowest BCUT2D eigenvalue weighted by molar-refractivity contribution is 0.0638. The third kappa shape index (κ3) is 1.64. The Kier molecular flexibility index (Phi) is 2.08. The number of hydrogen-bond acceptors (Lipinski definition) is 4. The fourth-order valence-electron chi connectivity index (χ4n) is 1.43. The maximum absolute atomic E-state index is 9.30. The first-order valence-corrected chi connectivity index (χ1v) is 4.59. The highest BCUT2D eigenvalue weighted by molar-refractivity contribution is 5.65. The Morgan fingerprint density at radius 1 is 1.27 bits per heavy atom. The Balaban J connectivity index is 2.46. The first-order valence-electron chi connectivity index (χ1n) is 4.59. The van der Waals surface area contributed by atoms with E-state index in [1.165, 1.54) is 12.1 Å². The number of aromatic hydroxyl groups is 2. The molecule has 3 N–H and O–H groups in total. The number of hydrogen-bond donors (Lipinski definition) is 3. The zero-order valence-corrected chi connectivity index (χ0v) is 8.27. The van der Waals surface area contributed by atoms with E-state index < -0.39 is 5.60 Å². The highest BCUT2D eigenvalue weighted by atomic mass is 16.5. The zero-order chi connectivity index (χ0) is 11.1. The van der Waals surface area contributed by atoms with Gasteiger partial charge in [-0.2, -0.15) is 0 Å². The Bertz CT molecular complexity index is 425. The van der Waals surface area contributed by atoms with Gasteiger partial charge in [-0.15, -0.1) is 0 Å². The largest absolute Gasteiger partial charge is 0.504 e. The first kappa shape index (κ1) is 9.86. The van der Waals surface area contributed by atoms with Crippen LogP contribution in [0.25, 0.3) is 6.08 Å². The molecule has 0 spiro atoms. The molecule has 0 radical (unpaired) electrons. The minimum Gasteiger partial charge on any atom is -0.504 e. The van der Waals surface area contributed by atoms with Crippen LogP contribution in [0.1, 0.15) is 12.5 Å². The lowest BCUT2D eigenvalue weighted by atomic mass is 10.0. The van der Waals surface area contributed by atoms with Crippen LogP contribution in [-0.4, -0.2) is 27.5 Å². The van der Waals surface area contributed by atoms with Gasteiger partial charge in [0.15, 0.2) is 11.5 Å². The summed E-state index contributed by atoms with van der Waals surface area (Å²) in [5, 5.41) is 27.7. The monoisotopic (exact) mass is 208 g/mol. The number of phenolic OH excluding ortho intramolecular Hbond substituents is 2. The molecule has 1 aromatic carbocycles. The Hall–Kier alpha value is -1.68. The van der Waals surface area contributed by atoms with Gasteiger partial charge in [0.1, 0.15) is 11.4 Å². The summed E-state index contributed by atoms with van der Waals surface area (Å²) in [6.07, 6.45) is 3.46. The van der Waals surface area contributed by atoms with E-state index in [2.05, 4.69) is 0 Å². The van der Waals surface area contributed by atoms with Gasteiger partial charge in [0.05, 0.1) is 6.61 Å². The second-order valence-electron chi connectivity index (χ2n) is 3.78. The molecule has 80 valence electrons. The van der Waals surface area contributed by atoms with Gasteiger partial charge in [0.25, 0.3) is 0 Å². The molecule has 4 heteroatoms. The molecule has 0 saturated heterocycles. The summed E-state index contributed by atoms with van der Waals surface area (Å²) < 4.78 is 5.50. The topological polar surface area (TPSA) is 69.9 Å². The van der Waals surface area contributed by atoms with Gasteiger partial charge in [-0.25, -0.2) is 0 Å². The lowest BCUT2D eigenvalue weighted by Gasteiger charge is -2.29. The predicted molar refractivity (Wildman–Crippen MR) is 54.9 cm³/mol. The van der Waals surface area contributed by atoms with E-state index in [9.17, 15) is 10.2 Å². The van der Waals surface area contributed by atoms with Crippen LogP contribution in [-0.2, 0) is 0 Å². The average molecular weight is 208 g/mol. The Labute approximate surface area is 87.1 Å². The number of phenols is 2. The Morgan fingerprint density at radius 2 is 1.93 bits per heavy atom. The molecule has 1 aliphatic heterocycles. The van der Waals surface area contributed by atoms with Crippen LogP contribution >= 0.6 is 0 Å². The molecule has 0 aromatic heterocycles. The lowest BCUT2D eigenvalue weighted by Crippen LogP contribution is -2.35. The number of fused-ring (bicyclic) bond motifs is 1. The molecule has 0 aliphatic carbocycles. The van der Waals surface area contributed by atoms with Gasteiger partial charge in [0.2, 0.25) is 0 Å². The van der Waals surface area contributed by atoms with E-state index in [4.69, 9.17) is 9.84 Å².